The van der Waals surface area contributed by atoms with Crippen LogP contribution >= 0.6 is 0 Å². The van der Waals surface area contributed by atoms with Gasteiger partial charge in [-0.15, -0.1) is 0 Å². The first-order valence-electron chi connectivity index (χ1n) is 8.02. The van der Waals surface area contributed by atoms with Crippen LogP contribution in [0.15, 0.2) is 30.3 Å². The highest BCUT2D eigenvalue weighted by Crippen LogP contribution is 2.33. The number of benzene rings is 1. The van der Waals surface area contributed by atoms with Crippen molar-refractivity contribution in [3.05, 3.63) is 35.9 Å². The van der Waals surface area contributed by atoms with Crippen LogP contribution in [0.3, 0.4) is 0 Å². The van der Waals surface area contributed by atoms with Crippen molar-refractivity contribution in [3.63, 3.8) is 0 Å². The van der Waals surface area contributed by atoms with E-state index in [1.165, 1.54) is 24.1 Å². The largest absolute Gasteiger partial charge is 0.367 e. The third-order valence-corrected chi connectivity index (χ3v) is 4.42. The lowest BCUT2D eigenvalue weighted by Crippen LogP contribution is -2.49. The van der Waals surface area contributed by atoms with Gasteiger partial charge in [-0.25, -0.2) is 0 Å². The minimum absolute atomic E-state index is 0.360. The van der Waals surface area contributed by atoms with Gasteiger partial charge in [0, 0.05) is 38.3 Å². The summed E-state index contributed by atoms with van der Waals surface area (Å²) in [7, 11) is 0. The van der Waals surface area contributed by atoms with Gasteiger partial charge in [0.1, 0.15) is 0 Å². The molecule has 3 rings (SSSR count). The normalized spacial score (nSPS) is 19.3. The van der Waals surface area contributed by atoms with E-state index < -0.39 is 0 Å². The van der Waals surface area contributed by atoms with Crippen LogP contribution in [0.1, 0.15) is 31.7 Å². The predicted octanol–water partition coefficient (Wildman–Crippen LogP) is 3.17. The molecule has 1 amide bonds. The van der Waals surface area contributed by atoms with Crippen LogP contribution in [0, 0.1) is 5.92 Å². The number of carbonyl (C=O) groups is 1. The topological polar surface area (TPSA) is 23.6 Å². The van der Waals surface area contributed by atoms with E-state index in [9.17, 15) is 4.79 Å². The van der Waals surface area contributed by atoms with Crippen molar-refractivity contribution < 1.29 is 4.79 Å². The molecule has 3 nitrogen and oxygen atoms in total. The summed E-state index contributed by atoms with van der Waals surface area (Å²) in [5.41, 5.74) is 2.54. The average molecular weight is 284 g/mol. The second kappa shape index (κ2) is 6.33. The van der Waals surface area contributed by atoms with Crippen molar-refractivity contribution in [2.24, 2.45) is 5.92 Å². The summed E-state index contributed by atoms with van der Waals surface area (Å²) in [6, 6.07) is 8.50. The fraction of sp³-hybridized carbons (Fsp3) is 0.500. The van der Waals surface area contributed by atoms with Crippen molar-refractivity contribution >= 4 is 17.7 Å². The molecule has 1 aromatic carbocycles. The fourth-order valence-electron chi connectivity index (χ4n) is 2.99. The van der Waals surface area contributed by atoms with Crippen LogP contribution in [0.4, 0.5) is 5.69 Å². The molecule has 0 radical (unpaired) electrons. The Morgan fingerprint density at radius 3 is 2.57 bits per heavy atom. The van der Waals surface area contributed by atoms with Gasteiger partial charge in [0.25, 0.3) is 0 Å². The molecule has 1 saturated heterocycles. The van der Waals surface area contributed by atoms with Gasteiger partial charge in [-0.05, 0) is 37.3 Å². The maximum absolute atomic E-state index is 12.2. The smallest absolute Gasteiger partial charge is 0.222 e. The maximum Gasteiger partial charge on any atom is 0.222 e. The number of anilines is 1. The quantitative estimate of drug-likeness (QED) is 0.848. The summed E-state index contributed by atoms with van der Waals surface area (Å²) in [6.07, 6.45) is 7.51. The van der Waals surface area contributed by atoms with Crippen LogP contribution in [-0.2, 0) is 4.79 Å². The Bertz CT molecular complexity index is 526. The van der Waals surface area contributed by atoms with E-state index in [0.29, 0.717) is 11.8 Å². The lowest BCUT2D eigenvalue weighted by molar-refractivity contribution is -0.131. The van der Waals surface area contributed by atoms with E-state index in [1.807, 2.05) is 11.8 Å². The zero-order valence-electron chi connectivity index (χ0n) is 12.8. The summed E-state index contributed by atoms with van der Waals surface area (Å²) in [5, 5.41) is 0. The van der Waals surface area contributed by atoms with Crippen LogP contribution in [0.5, 0.6) is 0 Å². The van der Waals surface area contributed by atoms with Crippen molar-refractivity contribution in [3.8, 4) is 0 Å². The Hall–Kier alpha value is -1.77. The van der Waals surface area contributed by atoms with Crippen LogP contribution < -0.4 is 4.90 Å². The molecule has 1 aliphatic carbocycles. The molecule has 21 heavy (non-hydrogen) atoms. The van der Waals surface area contributed by atoms with E-state index in [2.05, 4.69) is 41.3 Å². The highest BCUT2D eigenvalue weighted by Gasteiger charge is 2.28. The molecule has 1 heterocycles. The standard InChI is InChI=1S/C18H24N2O/c1-2-5-16-6-3-4-7-17(16)19-10-12-20(13-11-19)18(21)14-15-8-9-15/h2-7,15H,8-14H2,1H3/b5-2+. The average Bonchev–Trinajstić information content (AvgIpc) is 3.32. The molecule has 1 aliphatic heterocycles. The monoisotopic (exact) mass is 284 g/mol. The van der Waals surface area contributed by atoms with E-state index in [-0.39, 0.29) is 0 Å². The summed E-state index contributed by atoms with van der Waals surface area (Å²) >= 11 is 0. The van der Waals surface area contributed by atoms with Crippen molar-refractivity contribution in [2.75, 3.05) is 31.1 Å². The molecule has 0 atom stereocenters. The second-order valence-corrected chi connectivity index (χ2v) is 6.07. The first-order valence-corrected chi connectivity index (χ1v) is 8.02. The summed E-state index contributed by atoms with van der Waals surface area (Å²) in [6.45, 7) is 5.63. The minimum atomic E-state index is 0.360. The molecule has 0 bridgehead atoms. The molecule has 0 unspecified atom stereocenters. The third-order valence-electron chi connectivity index (χ3n) is 4.42. The highest BCUT2D eigenvalue weighted by molar-refractivity contribution is 5.77. The van der Waals surface area contributed by atoms with Gasteiger partial charge in [0.05, 0.1) is 0 Å². The first kappa shape index (κ1) is 14.2. The zero-order chi connectivity index (χ0) is 14.7. The predicted molar refractivity (Wildman–Crippen MR) is 87.3 cm³/mol. The number of carbonyl (C=O) groups excluding carboxylic acids is 1. The van der Waals surface area contributed by atoms with Crippen molar-refractivity contribution in [2.45, 2.75) is 26.2 Å². The Morgan fingerprint density at radius 1 is 1.19 bits per heavy atom. The number of hydrogen-bond donors (Lipinski definition) is 0. The molecule has 112 valence electrons. The number of piperazine rings is 1. The highest BCUT2D eigenvalue weighted by atomic mass is 16.2. The van der Waals surface area contributed by atoms with Gasteiger partial charge in [0.15, 0.2) is 0 Å². The first-order chi connectivity index (χ1) is 10.3. The van der Waals surface area contributed by atoms with Crippen molar-refractivity contribution in [1.82, 2.24) is 4.90 Å². The van der Waals surface area contributed by atoms with E-state index >= 15 is 0 Å². The maximum atomic E-state index is 12.2. The third kappa shape index (κ3) is 3.46. The molecule has 0 spiro atoms. The van der Waals surface area contributed by atoms with E-state index in [4.69, 9.17) is 0 Å². The number of allylic oxidation sites excluding steroid dienone is 1. The Kier molecular flexibility index (Phi) is 4.28. The van der Waals surface area contributed by atoms with Gasteiger partial charge >= 0.3 is 0 Å². The molecule has 1 aromatic rings. The molecule has 0 aromatic heterocycles. The SMILES string of the molecule is C/C=C/c1ccccc1N1CCN(C(=O)CC2CC2)CC1. The Morgan fingerprint density at radius 2 is 1.90 bits per heavy atom. The van der Waals surface area contributed by atoms with Gasteiger partial charge in [-0.3, -0.25) is 4.79 Å². The molecule has 2 aliphatic rings. The molecule has 3 heteroatoms. The number of amides is 1. The summed E-state index contributed by atoms with van der Waals surface area (Å²) < 4.78 is 0. The van der Waals surface area contributed by atoms with Crippen LogP contribution in [0.2, 0.25) is 0 Å². The lowest BCUT2D eigenvalue weighted by atomic mass is 10.1. The van der Waals surface area contributed by atoms with E-state index in [0.717, 1.165) is 32.6 Å². The number of rotatable bonds is 4. The van der Waals surface area contributed by atoms with Gasteiger partial charge in [-0.1, -0.05) is 30.4 Å². The van der Waals surface area contributed by atoms with Gasteiger partial charge < -0.3 is 9.80 Å². The van der Waals surface area contributed by atoms with Gasteiger partial charge in [-0.2, -0.15) is 0 Å². The molecular weight excluding hydrogens is 260 g/mol. The molecule has 1 saturated carbocycles. The molecular formula is C18H24N2O. The van der Waals surface area contributed by atoms with E-state index in [1.54, 1.807) is 0 Å². The molecule has 0 N–H and O–H groups in total. The zero-order valence-corrected chi connectivity index (χ0v) is 12.8. The minimum Gasteiger partial charge on any atom is -0.367 e. The summed E-state index contributed by atoms with van der Waals surface area (Å²) in [4.78, 5) is 16.6. The number of para-hydroxylation sites is 1. The number of nitrogens with zero attached hydrogens (tertiary/aromatic N) is 2. The fourth-order valence-corrected chi connectivity index (χ4v) is 2.99. The lowest BCUT2D eigenvalue weighted by Gasteiger charge is -2.37. The Balaban J connectivity index is 1.61. The van der Waals surface area contributed by atoms with Crippen molar-refractivity contribution in [1.29, 1.82) is 0 Å². The van der Waals surface area contributed by atoms with Crippen LogP contribution in [-0.4, -0.2) is 37.0 Å². The molecule has 2 fully saturated rings. The van der Waals surface area contributed by atoms with Gasteiger partial charge in [0.2, 0.25) is 5.91 Å². The Labute approximate surface area is 127 Å². The second-order valence-electron chi connectivity index (χ2n) is 6.07. The van der Waals surface area contributed by atoms with Crippen LogP contribution in [0.25, 0.3) is 6.08 Å². The summed E-state index contributed by atoms with van der Waals surface area (Å²) in [5.74, 6) is 1.05. The number of hydrogen-bond acceptors (Lipinski definition) is 2.